The Labute approximate surface area is 138 Å². The fourth-order valence-corrected chi connectivity index (χ4v) is 1.91. The van der Waals surface area contributed by atoms with Crippen molar-refractivity contribution in [3.05, 3.63) is 47.9 Å². The van der Waals surface area contributed by atoms with Gasteiger partial charge in [0.2, 0.25) is 0 Å². The van der Waals surface area contributed by atoms with E-state index in [1.165, 1.54) is 26.2 Å². The minimum atomic E-state index is -1.11. The molecule has 0 unspecified atom stereocenters. The van der Waals surface area contributed by atoms with E-state index >= 15 is 0 Å². The van der Waals surface area contributed by atoms with Gasteiger partial charge in [-0.05, 0) is 26.0 Å². The van der Waals surface area contributed by atoms with Crippen LogP contribution in [-0.2, 0) is 9.53 Å². The summed E-state index contributed by atoms with van der Waals surface area (Å²) in [6, 6.07) is 6.55. The van der Waals surface area contributed by atoms with Crippen molar-refractivity contribution in [2.45, 2.75) is 20.0 Å². The number of esters is 1. The Hall–Kier alpha value is -3.29. The molecule has 0 radical (unpaired) electrons. The van der Waals surface area contributed by atoms with Gasteiger partial charge in [0.15, 0.2) is 23.4 Å². The summed E-state index contributed by atoms with van der Waals surface area (Å²) in [5.74, 6) is -1.72. The minimum Gasteiger partial charge on any atom is -0.448 e. The third-order valence-corrected chi connectivity index (χ3v) is 3.14. The number of nitrogens with zero attached hydrogens (tertiary/aromatic N) is 2. The Bertz CT molecular complexity index is 791. The van der Waals surface area contributed by atoms with Crippen LogP contribution in [0.25, 0.3) is 0 Å². The fourth-order valence-electron chi connectivity index (χ4n) is 1.91. The van der Waals surface area contributed by atoms with Gasteiger partial charge in [0.05, 0.1) is 5.69 Å². The molecule has 1 heterocycles. The highest BCUT2D eigenvalue weighted by molar-refractivity contribution is 6.05. The largest absolute Gasteiger partial charge is 0.448 e. The predicted octanol–water partition coefficient (Wildman–Crippen LogP) is 1.45. The van der Waals surface area contributed by atoms with E-state index in [9.17, 15) is 14.4 Å². The van der Waals surface area contributed by atoms with E-state index in [-0.39, 0.29) is 17.3 Å². The number of amides is 1. The molecule has 2 aromatic rings. The molecule has 0 saturated carbocycles. The molecule has 3 N–H and O–H groups in total. The second-order valence-corrected chi connectivity index (χ2v) is 4.93. The monoisotopic (exact) mass is 328 g/mol. The number of ether oxygens (including phenoxy) is 1. The number of nitrogen functional groups attached to an aromatic ring is 1. The molecule has 1 atom stereocenters. The summed E-state index contributed by atoms with van der Waals surface area (Å²) in [5, 5.41) is 2.56. The standard InChI is InChI=1S/C16H16N4O4/c1-9(21)11-5-3-4-6-12(11)20-15(22)10(2)24-16(23)13-14(17)19-8-7-18-13/h3-8,10H,1-2H3,(H2,17,19)(H,20,22)/t10-/m0/s1. The van der Waals surface area contributed by atoms with Gasteiger partial charge in [-0.25, -0.2) is 14.8 Å². The van der Waals surface area contributed by atoms with Gasteiger partial charge in [-0.3, -0.25) is 9.59 Å². The van der Waals surface area contributed by atoms with Crippen molar-refractivity contribution in [1.29, 1.82) is 0 Å². The summed E-state index contributed by atoms with van der Waals surface area (Å²) in [4.78, 5) is 43.2. The van der Waals surface area contributed by atoms with Crippen molar-refractivity contribution in [3.63, 3.8) is 0 Å². The van der Waals surface area contributed by atoms with Gasteiger partial charge < -0.3 is 15.8 Å². The molecule has 1 aromatic heterocycles. The van der Waals surface area contributed by atoms with Crippen molar-refractivity contribution < 1.29 is 19.1 Å². The first-order chi connectivity index (χ1) is 11.4. The Balaban J connectivity index is 2.07. The summed E-state index contributed by atoms with van der Waals surface area (Å²) >= 11 is 0. The molecular weight excluding hydrogens is 312 g/mol. The molecular formula is C16H16N4O4. The van der Waals surface area contributed by atoms with Crippen molar-refractivity contribution in [3.8, 4) is 0 Å². The Morgan fingerprint density at radius 1 is 1.17 bits per heavy atom. The van der Waals surface area contributed by atoms with Gasteiger partial charge in [0.1, 0.15) is 0 Å². The molecule has 0 aliphatic heterocycles. The number of ketones is 1. The lowest BCUT2D eigenvalue weighted by molar-refractivity contribution is -0.123. The first kappa shape index (κ1) is 17.1. The first-order valence-corrected chi connectivity index (χ1v) is 7.08. The average molecular weight is 328 g/mol. The molecule has 8 nitrogen and oxygen atoms in total. The lowest BCUT2D eigenvalue weighted by Crippen LogP contribution is -2.31. The summed E-state index contributed by atoms with van der Waals surface area (Å²) in [6.07, 6.45) is 1.51. The molecule has 0 bridgehead atoms. The van der Waals surface area contributed by atoms with E-state index < -0.39 is 18.0 Å². The highest BCUT2D eigenvalue weighted by atomic mass is 16.5. The normalized spacial score (nSPS) is 11.4. The van der Waals surface area contributed by atoms with Gasteiger partial charge in [0.25, 0.3) is 5.91 Å². The van der Waals surface area contributed by atoms with Crippen molar-refractivity contribution in [2.75, 3.05) is 11.1 Å². The number of para-hydroxylation sites is 1. The third-order valence-electron chi connectivity index (χ3n) is 3.14. The lowest BCUT2D eigenvalue weighted by Gasteiger charge is -2.15. The van der Waals surface area contributed by atoms with Crippen LogP contribution < -0.4 is 11.1 Å². The number of aromatic nitrogens is 2. The lowest BCUT2D eigenvalue weighted by atomic mass is 10.1. The maximum absolute atomic E-state index is 12.2. The van der Waals surface area contributed by atoms with Crippen molar-refractivity contribution >= 4 is 29.2 Å². The van der Waals surface area contributed by atoms with E-state index in [0.29, 0.717) is 11.3 Å². The number of Topliss-reactive ketones (excluding diaryl/α,β-unsaturated/α-hetero) is 1. The number of hydrogen-bond acceptors (Lipinski definition) is 7. The van der Waals surface area contributed by atoms with Crippen LogP contribution in [0, 0.1) is 0 Å². The van der Waals surface area contributed by atoms with Crippen LogP contribution in [0.15, 0.2) is 36.7 Å². The SMILES string of the molecule is CC(=O)c1ccccc1NC(=O)[C@H](C)OC(=O)c1nccnc1N. The highest BCUT2D eigenvalue weighted by Crippen LogP contribution is 2.16. The van der Waals surface area contributed by atoms with E-state index in [1.807, 2.05) is 0 Å². The molecule has 0 fully saturated rings. The molecule has 124 valence electrons. The smallest absolute Gasteiger partial charge is 0.361 e. The third kappa shape index (κ3) is 3.92. The predicted molar refractivity (Wildman–Crippen MR) is 86.4 cm³/mol. The molecule has 2 rings (SSSR count). The number of benzene rings is 1. The van der Waals surface area contributed by atoms with Crippen LogP contribution in [0.3, 0.4) is 0 Å². The number of carbonyl (C=O) groups is 3. The maximum atomic E-state index is 12.2. The second kappa shape index (κ2) is 7.32. The molecule has 0 spiro atoms. The zero-order valence-electron chi connectivity index (χ0n) is 13.1. The summed E-state index contributed by atoms with van der Waals surface area (Å²) < 4.78 is 5.03. The summed E-state index contributed by atoms with van der Waals surface area (Å²) in [5.41, 5.74) is 6.08. The van der Waals surface area contributed by atoms with Gasteiger partial charge in [-0.1, -0.05) is 12.1 Å². The molecule has 0 saturated heterocycles. The van der Waals surface area contributed by atoms with Crippen molar-refractivity contribution in [1.82, 2.24) is 9.97 Å². The number of hydrogen-bond donors (Lipinski definition) is 2. The van der Waals surface area contributed by atoms with Gasteiger partial charge in [-0.15, -0.1) is 0 Å². The Morgan fingerprint density at radius 2 is 1.83 bits per heavy atom. The van der Waals surface area contributed by atoms with Crippen LogP contribution in [0.1, 0.15) is 34.7 Å². The van der Waals surface area contributed by atoms with Crippen LogP contribution in [-0.4, -0.2) is 33.7 Å². The van der Waals surface area contributed by atoms with Crippen LogP contribution >= 0.6 is 0 Å². The zero-order valence-corrected chi connectivity index (χ0v) is 13.1. The number of nitrogens with one attached hydrogen (secondary N) is 1. The van der Waals surface area contributed by atoms with Gasteiger partial charge >= 0.3 is 5.97 Å². The van der Waals surface area contributed by atoms with Gasteiger partial charge in [0, 0.05) is 18.0 Å². The van der Waals surface area contributed by atoms with Crippen LogP contribution in [0.4, 0.5) is 11.5 Å². The fraction of sp³-hybridized carbons (Fsp3) is 0.188. The first-order valence-electron chi connectivity index (χ1n) is 7.08. The number of rotatable bonds is 5. The Morgan fingerprint density at radius 3 is 2.50 bits per heavy atom. The summed E-state index contributed by atoms with van der Waals surface area (Å²) in [7, 11) is 0. The topological polar surface area (TPSA) is 124 Å². The molecule has 8 heteroatoms. The van der Waals surface area contributed by atoms with Crippen LogP contribution in [0.2, 0.25) is 0 Å². The minimum absolute atomic E-state index is 0.0861. The quantitative estimate of drug-likeness (QED) is 0.628. The summed E-state index contributed by atoms with van der Waals surface area (Å²) in [6.45, 7) is 2.79. The van der Waals surface area contributed by atoms with E-state index in [0.717, 1.165) is 0 Å². The molecule has 0 aliphatic carbocycles. The van der Waals surface area contributed by atoms with Gasteiger partial charge in [-0.2, -0.15) is 0 Å². The van der Waals surface area contributed by atoms with E-state index in [2.05, 4.69) is 15.3 Å². The van der Waals surface area contributed by atoms with E-state index in [4.69, 9.17) is 10.5 Å². The number of anilines is 2. The van der Waals surface area contributed by atoms with Crippen LogP contribution in [0.5, 0.6) is 0 Å². The molecule has 1 aromatic carbocycles. The molecule has 1 amide bonds. The zero-order chi connectivity index (χ0) is 17.7. The number of carbonyl (C=O) groups excluding carboxylic acids is 3. The molecule has 0 aliphatic rings. The highest BCUT2D eigenvalue weighted by Gasteiger charge is 2.22. The van der Waals surface area contributed by atoms with E-state index in [1.54, 1.807) is 24.3 Å². The Kier molecular flexibility index (Phi) is 5.20. The molecule has 24 heavy (non-hydrogen) atoms. The number of nitrogens with two attached hydrogens (primary N) is 1. The average Bonchev–Trinajstić information content (AvgIpc) is 2.55. The maximum Gasteiger partial charge on any atom is 0.361 e. The van der Waals surface area contributed by atoms with Crippen molar-refractivity contribution in [2.24, 2.45) is 0 Å². The second-order valence-electron chi connectivity index (χ2n) is 4.93.